The van der Waals surface area contributed by atoms with E-state index in [1.807, 2.05) is 42.5 Å². The number of hydroxylamine groups is 2. The lowest BCUT2D eigenvalue weighted by atomic mass is 10.0. The van der Waals surface area contributed by atoms with E-state index < -0.39 is 72.5 Å². The highest BCUT2D eigenvalue weighted by Crippen LogP contribution is 2.26. The molecular formula is C35H38N6O9. The molecule has 0 spiro atoms. The van der Waals surface area contributed by atoms with Gasteiger partial charge in [-0.1, -0.05) is 56.0 Å². The molecular weight excluding hydrogens is 648 g/mol. The van der Waals surface area contributed by atoms with E-state index >= 15 is 0 Å². The highest BCUT2D eigenvalue weighted by molar-refractivity contribution is 6.02. The third kappa shape index (κ3) is 9.75. The molecule has 15 heteroatoms. The van der Waals surface area contributed by atoms with Crippen LogP contribution in [0, 0.1) is 17.8 Å². The van der Waals surface area contributed by atoms with Gasteiger partial charge < -0.3 is 31.0 Å². The van der Waals surface area contributed by atoms with Gasteiger partial charge in [0, 0.05) is 36.8 Å². The van der Waals surface area contributed by atoms with E-state index in [0.29, 0.717) is 16.3 Å². The fraction of sp³-hybridized carbons (Fsp3) is 0.371. The van der Waals surface area contributed by atoms with E-state index in [1.54, 1.807) is 24.8 Å². The predicted molar refractivity (Wildman–Crippen MR) is 177 cm³/mol. The monoisotopic (exact) mass is 686 g/mol. The number of fused-ring (bicyclic) bond motifs is 2. The van der Waals surface area contributed by atoms with Crippen molar-refractivity contribution >= 4 is 53.0 Å². The van der Waals surface area contributed by atoms with E-state index in [2.05, 4.69) is 33.1 Å². The zero-order chi connectivity index (χ0) is 36.4. The van der Waals surface area contributed by atoms with Gasteiger partial charge in [0.05, 0.1) is 25.3 Å². The van der Waals surface area contributed by atoms with Crippen LogP contribution in [-0.4, -0.2) is 77.6 Å². The van der Waals surface area contributed by atoms with Crippen molar-refractivity contribution in [3.8, 4) is 11.8 Å². The Hall–Kier alpha value is -6.04. The topological polar surface area (TPSA) is 200 Å². The summed E-state index contributed by atoms with van der Waals surface area (Å²) in [4.78, 5) is 106. The maximum atomic E-state index is 13.3. The first-order valence-corrected chi connectivity index (χ1v) is 16.0. The minimum absolute atomic E-state index is 0.0836. The maximum absolute atomic E-state index is 13.3. The zero-order valence-corrected chi connectivity index (χ0v) is 27.9. The Morgan fingerprint density at radius 1 is 0.760 bits per heavy atom. The fourth-order valence-electron chi connectivity index (χ4n) is 5.02. The summed E-state index contributed by atoms with van der Waals surface area (Å²) in [6.45, 7) is 3.89. The van der Waals surface area contributed by atoms with Crippen LogP contribution in [0.4, 0.5) is 5.69 Å². The van der Waals surface area contributed by atoms with Crippen molar-refractivity contribution in [1.82, 2.24) is 26.3 Å². The number of imide groups is 1. The molecule has 0 aliphatic carbocycles. The first-order chi connectivity index (χ1) is 23.8. The van der Waals surface area contributed by atoms with Crippen LogP contribution in [0.2, 0.25) is 0 Å². The van der Waals surface area contributed by atoms with Crippen LogP contribution in [-0.2, 0) is 49.7 Å². The molecule has 0 radical (unpaired) electrons. The summed E-state index contributed by atoms with van der Waals surface area (Å²) in [6.07, 6.45) is -0.469. The number of amides is 7. The Bertz CT molecular complexity index is 1750. The Morgan fingerprint density at radius 2 is 1.36 bits per heavy atom. The number of hydrogen-bond acceptors (Lipinski definition) is 9. The molecule has 2 atom stereocenters. The summed E-state index contributed by atoms with van der Waals surface area (Å²) in [5.74, 6) is 0.490. The van der Waals surface area contributed by atoms with Crippen molar-refractivity contribution in [2.75, 3.05) is 18.0 Å². The molecule has 0 saturated carbocycles. The number of rotatable bonds is 13. The minimum Gasteiger partial charge on any atom is -0.347 e. The maximum Gasteiger partial charge on any atom is 0.354 e. The second-order valence-corrected chi connectivity index (χ2v) is 12.0. The average molecular weight is 687 g/mol. The molecule has 50 heavy (non-hydrogen) atoms. The molecule has 2 unspecified atom stereocenters. The van der Waals surface area contributed by atoms with Crippen molar-refractivity contribution in [1.29, 1.82) is 0 Å². The van der Waals surface area contributed by atoms with E-state index in [0.717, 1.165) is 11.1 Å². The Balaban J connectivity index is 1.20. The van der Waals surface area contributed by atoms with E-state index in [-0.39, 0.29) is 38.1 Å². The first-order valence-electron chi connectivity index (χ1n) is 16.0. The molecule has 262 valence electrons. The molecule has 2 aromatic rings. The standard InChI is InChI=1S/C35H38N6O9/c1-21(2)33(34(48)38-22(3)35(49)50-41-31(46)16-17-32(41)47)39-29(44)19-37-28(43)18-36-27(42)14-15-30(45)40-20-25-10-5-4-8-23(25)12-13-24-9-6-7-11-26(24)40/h4-11,21-22,33H,14-20H2,1-3H3,(H,36,42)(H,37,43)(H,38,48)(H,39,44). The fourth-order valence-corrected chi connectivity index (χ4v) is 5.02. The Kier molecular flexibility index (Phi) is 12.4. The summed E-state index contributed by atoms with van der Waals surface area (Å²) in [7, 11) is 0. The summed E-state index contributed by atoms with van der Waals surface area (Å²) in [5, 5.41) is 10.0. The molecule has 7 amide bonds. The van der Waals surface area contributed by atoms with Crippen LogP contribution in [0.25, 0.3) is 0 Å². The number of para-hydroxylation sites is 1. The molecule has 0 bridgehead atoms. The molecule has 1 saturated heterocycles. The van der Waals surface area contributed by atoms with Gasteiger partial charge in [0.2, 0.25) is 29.5 Å². The van der Waals surface area contributed by atoms with Gasteiger partial charge in [-0.25, -0.2) is 4.79 Å². The lowest BCUT2D eigenvalue weighted by molar-refractivity contribution is -0.198. The number of nitrogens with one attached hydrogen (secondary N) is 4. The second-order valence-electron chi connectivity index (χ2n) is 12.0. The summed E-state index contributed by atoms with van der Waals surface area (Å²) in [6, 6.07) is 12.4. The molecule has 4 N–H and O–H groups in total. The lowest BCUT2D eigenvalue weighted by Crippen LogP contribution is -2.55. The van der Waals surface area contributed by atoms with Gasteiger partial charge in [-0.2, -0.15) is 0 Å². The molecule has 0 aromatic heterocycles. The normalized spacial score (nSPS) is 14.5. The van der Waals surface area contributed by atoms with Crippen LogP contribution in [0.5, 0.6) is 0 Å². The van der Waals surface area contributed by atoms with Crippen molar-refractivity contribution in [2.45, 2.75) is 65.1 Å². The third-order valence-electron chi connectivity index (χ3n) is 7.80. The van der Waals surface area contributed by atoms with Crippen LogP contribution in [0.15, 0.2) is 48.5 Å². The first kappa shape index (κ1) is 36.8. The van der Waals surface area contributed by atoms with Crippen LogP contribution in [0.3, 0.4) is 0 Å². The van der Waals surface area contributed by atoms with E-state index in [1.165, 1.54) is 6.92 Å². The minimum atomic E-state index is -1.25. The lowest BCUT2D eigenvalue weighted by Gasteiger charge is -2.26. The van der Waals surface area contributed by atoms with Gasteiger partial charge in [0.1, 0.15) is 12.1 Å². The number of hydrogen-bond donors (Lipinski definition) is 4. The molecule has 2 heterocycles. The SMILES string of the molecule is CC(NC(=O)C(NC(=O)CNC(=O)CNC(=O)CCC(=O)N1Cc2ccccc2C#Cc2ccccc21)C(C)C)C(=O)ON1C(=O)CCC1=O. The van der Waals surface area contributed by atoms with E-state index in [4.69, 9.17) is 4.84 Å². The zero-order valence-electron chi connectivity index (χ0n) is 27.9. The van der Waals surface area contributed by atoms with Crippen molar-refractivity contribution < 1.29 is 43.2 Å². The molecule has 2 aromatic carbocycles. The number of carbonyl (C=O) groups is 8. The quantitative estimate of drug-likeness (QED) is 0.168. The third-order valence-corrected chi connectivity index (χ3v) is 7.80. The van der Waals surface area contributed by atoms with Crippen molar-refractivity contribution in [3.63, 3.8) is 0 Å². The summed E-state index contributed by atoms with van der Waals surface area (Å²) >= 11 is 0. The summed E-state index contributed by atoms with van der Waals surface area (Å²) < 4.78 is 0. The number of anilines is 1. The second kappa shape index (κ2) is 16.9. The predicted octanol–water partition coefficient (Wildman–Crippen LogP) is 0.198. The van der Waals surface area contributed by atoms with Crippen LogP contribution in [0.1, 0.15) is 63.1 Å². The smallest absolute Gasteiger partial charge is 0.347 e. The van der Waals surface area contributed by atoms with Crippen LogP contribution < -0.4 is 26.2 Å². The van der Waals surface area contributed by atoms with Crippen LogP contribution >= 0.6 is 0 Å². The Labute approximate surface area is 288 Å². The highest BCUT2D eigenvalue weighted by Gasteiger charge is 2.35. The van der Waals surface area contributed by atoms with E-state index in [9.17, 15) is 38.4 Å². The number of benzene rings is 2. The largest absolute Gasteiger partial charge is 0.354 e. The number of nitrogens with zero attached hydrogens (tertiary/aromatic N) is 2. The number of carbonyl (C=O) groups excluding carboxylic acids is 8. The molecule has 1 fully saturated rings. The van der Waals surface area contributed by atoms with Crippen molar-refractivity contribution in [3.05, 3.63) is 65.2 Å². The molecule has 4 rings (SSSR count). The highest BCUT2D eigenvalue weighted by atomic mass is 16.7. The molecule has 15 nitrogen and oxygen atoms in total. The van der Waals surface area contributed by atoms with Gasteiger partial charge in [-0.15, -0.1) is 5.06 Å². The summed E-state index contributed by atoms with van der Waals surface area (Å²) in [5.41, 5.74) is 3.01. The Morgan fingerprint density at radius 3 is 2.06 bits per heavy atom. The molecule has 2 aliphatic heterocycles. The van der Waals surface area contributed by atoms with Gasteiger partial charge in [0.15, 0.2) is 0 Å². The van der Waals surface area contributed by atoms with Crippen molar-refractivity contribution in [2.24, 2.45) is 5.92 Å². The van der Waals surface area contributed by atoms with Gasteiger partial charge in [0.25, 0.3) is 11.8 Å². The van der Waals surface area contributed by atoms with Gasteiger partial charge in [-0.3, -0.25) is 33.6 Å². The van der Waals surface area contributed by atoms with Gasteiger partial charge in [-0.05, 0) is 36.6 Å². The van der Waals surface area contributed by atoms with Gasteiger partial charge >= 0.3 is 5.97 Å². The molecule has 2 aliphatic rings. The average Bonchev–Trinajstić information content (AvgIpc) is 3.40.